The van der Waals surface area contributed by atoms with Gasteiger partial charge in [-0.15, -0.1) is 0 Å². The van der Waals surface area contributed by atoms with E-state index in [4.69, 9.17) is 0 Å². The molecule has 0 aromatic carbocycles. The van der Waals surface area contributed by atoms with Crippen LogP contribution in [0.25, 0.3) is 0 Å². The van der Waals surface area contributed by atoms with Crippen LogP contribution in [0.2, 0.25) is 0 Å². The molecule has 20 heavy (non-hydrogen) atoms. The van der Waals surface area contributed by atoms with E-state index < -0.39 is 0 Å². The van der Waals surface area contributed by atoms with Gasteiger partial charge in [0.05, 0.1) is 4.92 Å². The van der Waals surface area contributed by atoms with Crippen LogP contribution in [0.4, 0.5) is 11.5 Å². The van der Waals surface area contributed by atoms with E-state index in [1.165, 1.54) is 6.42 Å². The van der Waals surface area contributed by atoms with Gasteiger partial charge in [0.1, 0.15) is 5.69 Å². The second-order valence-corrected chi connectivity index (χ2v) is 5.73. The molecule has 1 atom stereocenters. The quantitative estimate of drug-likeness (QED) is 0.658. The highest BCUT2D eigenvalue weighted by Gasteiger charge is 2.30. The van der Waals surface area contributed by atoms with Crippen molar-refractivity contribution in [3.63, 3.8) is 0 Å². The molecule has 0 radical (unpaired) electrons. The fourth-order valence-electron chi connectivity index (χ4n) is 2.79. The van der Waals surface area contributed by atoms with Crippen molar-refractivity contribution in [3.05, 3.63) is 15.8 Å². The van der Waals surface area contributed by atoms with Crippen molar-refractivity contribution in [2.45, 2.75) is 45.7 Å². The van der Waals surface area contributed by atoms with E-state index in [1.54, 1.807) is 11.6 Å². The smallest absolute Gasteiger partial charge is 0.333 e. The highest BCUT2D eigenvalue weighted by molar-refractivity contribution is 5.61. The molecule has 1 aliphatic rings. The highest BCUT2D eigenvalue weighted by atomic mass is 16.6. The summed E-state index contributed by atoms with van der Waals surface area (Å²) in [4.78, 5) is 13.0. The van der Waals surface area contributed by atoms with Crippen LogP contribution in [-0.4, -0.2) is 40.9 Å². The van der Waals surface area contributed by atoms with E-state index in [2.05, 4.69) is 10.4 Å². The monoisotopic (exact) mass is 281 g/mol. The van der Waals surface area contributed by atoms with Gasteiger partial charge in [0.15, 0.2) is 0 Å². The van der Waals surface area contributed by atoms with Gasteiger partial charge in [0, 0.05) is 25.7 Å². The summed E-state index contributed by atoms with van der Waals surface area (Å²) in [5.41, 5.74) is 0.601. The number of nitrogens with one attached hydrogen (secondary N) is 1. The van der Waals surface area contributed by atoms with Crippen molar-refractivity contribution in [2.24, 2.45) is 0 Å². The summed E-state index contributed by atoms with van der Waals surface area (Å²) in [5, 5.41) is 19.1. The zero-order chi connectivity index (χ0) is 14.9. The summed E-state index contributed by atoms with van der Waals surface area (Å²) in [6.45, 7) is 7.46. The fourth-order valence-corrected chi connectivity index (χ4v) is 2.79. The fraction of sp³-hybridized carbons (Fsp3) is 0.769. The number of rotatable bonds is 5. The van der Waals surface area contributed by atoms with E-state index in [1.807, 2.05) is 25.8 Å². The third-order valence-electron chi connectivity index (χ3n) is 3.72. The van der Waals surface area contributed by atoms with Crippen molar-refractivity contribution >= 4 is 11.5 Å². The number of aryl methyl sites for hydroxylation is 1. The highest BCUT2D eigenvalue weighted by Crippen LogP contribution is 2.33. The molecular formula is C13H23N5O2. The minimum Gasteiger partial charge on any atom is -0.353 e. The van der Waals surface area contributed by atoms with Gasteiger partial charge in [0.2, 0.25) is 5.82 Å². The van der Waals surface area contributed by atoms with Crippen LogP contribution in [0.15, 0.2) is 0 Å². The molecule has 112 valence electrons. The van der Waals surface area contributed by atoms with Gasteiger partial charge in [0.25, 0.3) is 0 Å². The maximum Gasteiger partial charge on any atom is 0.333 e. The molecule has 2 heterocycles. The molecule has 0 bridgehead atoms. The Morgan fingerprint density at radius 3 is 2.80 bits per heavy atom. The van der Waals surface area contributed by atoms with Crippen LogP contribution in [-0.2, 0) is 0 Å². The molecule has 7 heteroatoms. The topological polar surface area (TPSA) is 76.2 Å². The molecule has 2 rings (SSSR count). The van der Waals surface area contributed by atoms with Crippen molar-refractivity contribution < 1.29 is 4.92 Å². The first-order chi connectivity index (χ1) is 9.41. The average molecular weight is 281 g/mol. The maximum atomic E-state index is 11.3. The van der Waals surface area contributed by atoms with Gasteiger partial charge in [-0.3, -0.25) is 10.1 Å². The van der Waals surface area contributed by atoms with Crippen LogP contribution in [0.1, 0.15) is 38.4 Å². The minimum absolute atomic E-state index is 0.0939. The first kappa shape index (κ1) is 14.8. The van der Waals surface area contributed by atoms with Crippen LogP contribution >= 0.6 is 0 Å². The van der Waals surface area contributed by atoms with Crippen molar-refractivity contribution in [3.8, 4) is 0 Å². The molecular weight excluding hydrogens is 258 g/mol. The van der Waals surface area contributed by atoms with Gasteiger partial charge in [-0.2, -0.15) is 5.10 Å². The van der Waals surface area contributed by atoms with Gasteiger partial charge in [-0.25, -0.2) is 4.68 Å². The van der Waals surface area contributed by atoms with E-state index in [0.29, 0.717) is 17.6 Å². The molecule has 1 aromatic heterocycles. The lowest BCUT2D eigenvalue weighted by atomic mass is 10.2. The summed E-state index contributed by atoms with van der Waals surface area (Å²) < 4.78 is 1.75. The molecule has 7 nitrogen and oxygen atoms in total. The van der Waals surface area contributed by atoms with Gasteiger partial charge in [-0.1, -0.05) is 0 Å². The Morgan fingerprint density at radius 2 is 2.30 bits per heavy atom. The molecule has 1 saturated heterocycles. The van der Waals surface area contributed by atoms with E-state index >= 15 is 0 Å². The average Bonchev–Trinajstić information content (AvgIpc) is 2.95. The number of likely N-dealkylation sites (N-methyl/N-ethyl adjacent to an activating group) is 1. The first-order valence-electron chi connectivity index (χ1n) is 7.09. The summed E-state index contributed by atoms with van der Waals surface area (Å²) in [6, 6.07) is 0.492. The largest absolute Gasteiger partial charge is 0.353 e. The van der Waals surface area contributed by atoms with Crippen molar-refractivity contribution in [2.75, 3.05) is 25.0 Å². The number of hydrogen-bond acceptors (Lipinski definition) is 5. The van der Waals surface area contributed by atoms with Gasteiger partial charge in [-0.05, 0) is 40.2 Å². The Bertz CT molecular complexity index is 491. The summed E-state index contributed by atoms with van der Waals surface area (Å²) in [6.07, 6.45) is 2.29. The second-order valence-electron chi connectivity index (χ2n) is 5.73. The molecule has 0 amide bonds. The Balaban J connectivity index is 2.33. The van der Waals surface area contributed by atoms with Crippen molar-refractivity contribution in [1.29, 1.82) is 0 Å². The van der Waals surface area contributed by atoms with Crippen molar-refractivity contribution in [1.82, 2.24) is 15.1 Å². The lowest BCUT2D eigenvalue weighted by Gasteiger charge is -2.24. The van der Waals surface area contributed by atoms with E-state index in [0.717, 1.165) is 19.5 Å². The standard InChI is InChI=1S/C13H23N5O2/c1-9(2)17-13(12(18(19)20)10(3)15-17)16(4)8-11-6-5-7-14-11/h9,11,14H,5-8H2,1-4H3. The first-order valence-corrected chi connectivity index (χ1v) is 7.09. The molecule has 0 saturated carbocycles. The SMILES string of the molecule is Cc1nn(C(C)C)c(N(C)CC2CCCN2)c1[N+](=O)[O-]. The molecule has 1 fully saturated rings. The Labute approximate surface area is 119 Å². The van der Waals surface area contributed by atoms with Gasteiger partial charge >= 0.3 is 5.69 Å². The molecule has 1 aliphatic heterocycles. The van der Waals surface area contributed by atoms with Gasteiger partial charge < -0.3 is 10.2 Å². The predicted octanol–water partition coefficient (Wildman–Crippen LogP) is 1.87. The third-order valence-corrected chi connectivity index (χ3v) is 3.72. The molecule has 1 aromatic rings. The number of nitro groups is 1. The van der Waals surface area contributed by atoms with E-state index in [9.17, 15) is 10.1 Å². The van der Waals surface area contributed by atoms with Crippen LogP contribution in [0.3, 0.4) is 0 Å². The van der Waals surface area contributed by atoms with E-state index in [-0.39, 0.29) is 16.7 Å². The normalized spacial score (nSPS) is 18.8. The summed E-state index contributed by atoms with van der Waals surface area (Å²) in [5.74, 6) is 0.608. The number of anilines is 1. The summed E-state index contributed by atoms with van der Waals surface area (Å²) in [7, 11) is 1.91. The van der Waals surface area contributed by atoms with Crippen LogP contribution in [0.5, 0.6) is 0 Å². The molecule has 0 aliphatic carbocycles. The molecule has 1 unspecified atom stereocenters. The molecule has 0 spiro atoms. The number of hydrogen-bond donors (Lipinski definition) is 1. The zero-order valence-corrected chi connectivity index (χ0v) is 12.6. The van der Waals surface area contributed by atoms with Crippen LogP contribution < -0.4 is 10.2 Å². The minimum atomic E-state index is -0.324. The Hall–Kier alpha value is -1.63. The maximum absolute atomic E-state index is 11.3. The lowest BCUT2D eigenvalue weighted by molar-refractivity contribution is -0.384. The third kappa shape index (κ3) is 2.77. The molecule has 1 N–H and O–H groups in total. The number of nitrogens with zero attached hydrogens (tertiary/aromatic N) is 4. The Morgan fingerprint density at radius 1 is 1.60 bits per heavy atom. The second kappa shape index (κ2) is 5.78. The Kier molecular flexibility index (Phi) is 4.27. The summed E-state index contributed by atoms with van der Waals surface area (Å²) >= 11 is 0. The number of aromatic nitrogens is 2. The zero-order valence-electron chi connectivity index (χ0n) is 12.6. The lowest BCUT2D eigenvalue weighted by Crippen LogP contribution is -2.36. The predicted molar refractivity (Wildman–Crippen MR) is 78.3 cm³/mol. The van der Waals surface area contributed by atoms with Crippen LogP contribution in [0, 0.1) is 17.0 Å².